The largest absolute Gasteiger partial charge is 0.409 e. The normalized spacial score (nSPS) is 11.7. The Bertz CT molecular complexity index is 516. The standard InChI is InChI=1S/C12H18N4O4/c1-8(2)15(5-6-17)11-4-3-9(16(19)20)7-10(11)12(13)14-18/h3-4,7-8,17-18H,5-6H2,1-2H3,(H2,13,14). The molecule has 0 unspecified atom stereocenters. The summed E-state index contributed by atoms with van der Waals surface area (Å²) in [6.07, 6.45) is 0. The Hall–Kier alpha value is -2.35. The highest BCUT2D eigenvalue weighted by Gasteiger charge is 2.19. The minimum Gasteiger partial charge on any atom is -0.409 e. The summed E-state index contributed by atoms with van der Waals surface area (Å²) in [7, 11) is 0. The Morgan fingerprint density at radius 3 is 2.65 bits per heavy atom. The van der Waals surface area contributed by atoms with Crippen molar-refractivity contribution in [3.05, 3.63) is 33.9 Å². The lowest BCUT2D eigenvalue weighted by molar-refractivity contribution is -0.384. The number of anilines is 1. The van der Waals surface area contributed by atoms with Gasteiger partial charge in [0, 0.05) is 30.4 Å². The van der Waals surface area contributed by atoms with Gasteiger partial charge in [-0.15, -0.1) is 0 Å². The average Bonchev–Trinajstić information content (AvgIpc) is 2.42. The summed E-state index contributed by atoms with van der Waals surface area (Å²) in [5.74, 6) is -0.215. The molecule has 0 aliphatic carbocycles. The number of non-ortho nitro benzene ring substituents is 1. The second kappa shape index (κ2) is 6.71. The van der Waals surface area contributed by atoms with Crippen molar-refractivity contribution < 1.29 is 15.2 Å². The molecular formula is C12H18N4O4. The van der Waals surface area contributed by atoms with Gasteiger partial charge in [-0.25, -0.2) is 0 Å². The Labute approximate surface area is 116 Å². The number of hydrogen-bond acceptors (Lipinski definition) is 6. The predicted octanol–water partition coefficient (Wildman–Crippen LogP) is 0.896. The summed E-state index contributed by atoms with van der Waals surface area (Å²) in [4.78, 5) is 12.1. The van der Waals surface area contributed by atoms with Crippen molar-refractivity contribution in [2.75, 3.05) is 18.1 Å². The molecule has 0 aliphatic heterocycles. The van der Waals surface area contributed by atoms with Crippen molar-refractivity contribution in [1.82, 2.24) is 0 Å². The van der Waals surface area contributed by atoms with Gasteiger partial charge in [0.1, 0.15) is 0 Å². The fraction of sp³-hybridized carbons (Fsp3) is 0.417. The number of oxime groups is 1. The molecule has 1 aromatic rings. The molecule has 8 nitrogen and oxygen atoms in total. The van der Waals surface area contributed by atoms with Crippen LogP contribution in [-0.2, 0) is 0 Å². The smallest absolute Gasteiger partial charge is 0.270 e. The minimum absolute atomic E-state index is 0.0360. The number of hydrogen-bond donors (Lipinski definition) is 3. The van der Waals surface area contributed by atoms with E-state index in [2.05, 4.69) is 5.16 Å². The van der Waals surface area contributed by atoms with Crippen LogP contribution in [-0.4, -0.2) is 40.3 Å². The number of aliphatic hydroxyl groups is 1. The minimum atomic E-state index is -0.552. The van der Waals surface area contributed by atoms with Crippen molar-refractivity contribution in [2.24, 2.45) is 10.9 Å². The molecule has 0 saturated heterocycles. The van der Waals surface area contributed by atoms with Crippen LogP contribution >= 0.6 is 0 Å². The lowest BCUT2D eigenvalue weighted by Gasteiger charge is -2.29. The summed E-state index contributed by atoms with van der Waals surface area (Å²) >= 11 is 0. The zero-order valence-corrected chi connectivity index (χ0v) is 11.4. The van der Waals surface area contributed by atoms with E-state index < -0.39 is 4.92 Å². The first-order chi connectivity index (χ1) is 9.42. The van der Waals surface area contributed by atoms with Crippen LogP contribution in [0.4, 0.5) is 11.4 Å². The molecule has 110 valence electrons. The van der Waals surface area contributed by atoms with Gasteiger partial charge in [0.25, 0.3) is 5.69 Å². The molecule has 0 spiro atoms. The number of aliphatic hydroxyl groups excluding tert-OH is 1. The van der Waals surface area contributed by atoms with E-state index in [1.54, 1.807) is 0 Å². The fourth-order valence-corrected chi connectivity index (χ4v) is 1.91. The summed E-state index contributed by atoms with van der Waals surface area (Å²) in [6.45, 7) is 4.08. The summed E-state index contributed by atoms with van der Waals surface area (Å²) in [6, 6.07) is 4.16. The van der Waals surface area contributed by atoms with Crippen LogP contribution in [0.3, 0.4) is 0 Å². The maximum atomic E-state index is 10.8. The van der Waals surface area contributed by atoms with E-state index in [1.165, 1.54) is 18.2 Å². The highest BCUT2D eigenvalue weighted by Crippen LogP contribution is 2.26. The number of nitrogens with two attached hydrogens (primary N) is 1. The highest BCUT2D eigenvalue weighted by molar-refractivity contribution is 6.02. The summed E-state index contributed by atoms with van der Waals surface area (Å²) in [5.41, 5.74) is 6.25. The SMILES string of the molecule is CC(C)N(CCO)c1ccc([N+](=O)[O-])cc1C(N)=NO. The van der Waals surface area contributed by atoms with Crippen LogP contribution in [0, 0.1) is 10.1 Å². The summed E-state index contributed by atoms with van der Waals surface area (Å²) < 4.78 is 0. The van der Waals surface area contributed by atoms with Crippen molar-refractivity contribution >= 4 is 17.2 Å². The number of nitro groups is 1. The first-order valence-corrected chi connectivity index (χ1v) is 6.06. The molecule has 0 aliphatic rings. The van der Waals surface area contributed by atoms with E-state index in [0.29, 0.717) is 12.2 Å². The van der Waals surface area contributed by atoms with Gasteiger partial charge in [-0.3, -0.25) is 10.1 Å². The topological polar surface area (TPSA) is 125 Å². The third kappa shape index (κ3) is 3.35. The number of nitro benzene ring substituents is 1. The quantitative estimate of drug-likeness (QED) is 0.234. The number of benzene rings is 1. The Kier molecular flexibility index (Phi) is 5.27. The van der Waals surface area contributed by atoms with Crippen LogP contribution in [0.25, 0.3) is 0 Å². The van der Waals surface area contributed by atoms with E-state index in [4.69, 9.17) is 16.0 Å². The lowest BCUT2D eigenvalue weighted by atomic mass is 10.1. The van der Waals surface area contributed by atoms with E-state index >= 15 is 0 Å². The average molecular weight is 282 g/mol. The van der Waals surface area contributed by atoms with Crippen LogP contribution in [0.1, 0.15) is 19.4 Å². The monoisotopic (exact) mass is 282 g/mol. The van der Waals surface area contributed by atoms with Gasteiger partial charge in [0.2, 0.25) is 0 Å². The van der Waals surface area contributed by atoms with E-state index in [0.717, 1.165) is 0 Å². The van der Waals surface area contributed by atoms with Crippen molar-refractivity contribution in [2.45, 2.75) is 19.9 Å². The molecule has 1 rings (SSSR count). The molecule has 4 N–H and O–H groups in total. The zero-order valence-electron chi connectivity index (χ0n) is 11.4. The maximum Gasteiger partial charge on any atom is 0.270 e. The summed E-state index contributed by atoms with van der Waals surface area (Å²) in [5, 5.41) is 31.7. The number of rotatable bonds is 6. The Balaban J connectivity index is 3.40. The molecule has 0 aromatic heterocycles. The lowest BCUT2D eigenvalue weighted by Crippen LogP contribution is -2.35. The number of nitrogens with zero attached hydrogens (tertiary/aromatic N) is 3. The molecule has 0 saturated carbocycles. The predicted molar refractivity (Wildman–Crippen MR) is 75.2 cm³/mol. The molecule has 8 heteroatoms. The molecule has 1 aromatic carbocycles. The van der Waals surface area contributed by atoms with E-state index in [9.17, 15) is 10.1 Å². The van der Waals surface area contributed by atoms with Crippen molar-refractivity contribution in [1.29, 1.82) is 0 Å². The second-order valence-corrected chi connectivity index (χ2v) is 4.45. The number of amidine groups is 1. The fourth-order valence-electron chi connectivity index (χ4n) is 1.91. The van der Waals surface area contributed by atoms with E-state index in [-0.39, 0.29) is 29.7 Å². The van der Waals surface area contributed by atoms with Gasteiger partial charge in [0.05, 0.1) is 17.1 Å². The molecule has 0 fully saturated rings. The molecule has 0 radical (unpaired) electrons. The molecule has 0 bridgehead atoms. The molecule has 0 atom stereocenters. The van der Waals surface area contributed by atoms with Gasteiger partial charge >= 0.3 is 0 Å². The zero-order chi connectivity index (χ0) is 15.3. The third-order valence-corrected chi connectivity index (χ3v) is 2.85. The van der Waals surface area contributed by atoms with Gasteiger partial charge < -0.3 is 20.9 Å². The molecular weight excluding hydrogens is 264 g/mol. The van der Waals surface area contributed by atoms with Gasteiger partial charge in [-0.1, -0.05) is 5.16 Å². The van der Waals surface area contributed by atoms with Crippen LogP contribution in [0.2, 0.25) is 0 Å². The maximum absolute atomic E-state index is 10.8. The first kappa shape index (κ1) is 15.7. The van der Waals surface area contributed by atoms with Crippen LogP contribution in [0.5, 0.6) is 0 Å². The third-order valence-electron chi connectivity index (χ3n) is 2.85. The molecule has 20 heavy (non-hydrogen) atoms. The highest BCUT2D eigenvalue weighted by atomic mass is 16.6. The Morgan fingerprint density at radius 1 is 1.55 bits per heavy atom. The van der Waals surface area contributed by atoms with Gasteiger partial charge in [0.15, 0.2) is 5.84 Å². The van der Waals surface area contributed by atoms with Crippen molar-refractivity contribution in [3.63, 3.8) is 0 Å². The molecule has 0 heterocycles. The Morgan fingerprint density at radius 2 is 2.20 bits per heavy atom. The first-order valence-electron chi connectivity index (χ1n) is 6.06. The van der Waals surface area contributed by atoms with Gasteiger partial charge in [-0.2, -0.15) is 0 Å². The van der Waals surface area contributed by atoms with Crippen LogP contribution in [0.15, 0.2) is 23.4 Å². The van der Waals surface area contributed by atoms with E-state index in [1.807, 2.05) is 18.7 Å². The second-order valence-electron chi connectivity index (χ2n) is 4.45. The van der Waals surface area contributed by atoms with Crippen molar-refractivity contribution in [3.8, 4) is 0 Å². The van der Waals surface area contributed by atoms with Crippen LogP contribution < -0.4 is 10.6 Å². The van der Waals surface area contributed by atoms with Gasteiger partial charge in [-0.05, 0) is 19.9 Å². The molecule has 0 amide bonds.